The Labute approximate surface area is 387 Å². The summed E-state index contributed by atoms with van der Waals surface area (Å²) in [5.41, 5.74) is 0. The summed E-state index contributed by atoms with van der Waals surface area (Å²) in [5.74, 6) is 1.63. The summed E-state index contributed by atoms with van der Waals surface area (Å²) in [6.07, 6.45) is 48.1. The summed E-state index contributed by atoms with van der Waals surface area (Å²) in [6, 6.07) is 0. The van der Waals surface area contributed by atoms with Crippen LogP contribution in [0.25, 0.3) is 0 Å². The average molecular weight is 877 g/mol. The second kappa shape index (κ2) is 47.4. The molecule has 6 nitrogen and oxygen atoms in total. The number of unbranched alkanes of at least 4 members (excludes halogenated alkanes) is 32. The lowest BCUT2D eigenvalue weighted by molar-refractivity contribution is -0.167. The van der Waals surface area contributed by atoms with E-state index in [2.05, 4.69) is 41.5 Å². The fourth-order valence-corrected chi connectivity index (χ4v) is 8.47. The first-order valence-corrected chi connectivity index (χ1v) is 27.6. The Hall–Kier alpha value is -1.59. The van der Waals surface area contributed by atoms with Crippen molar-refractivity contribution in [1.29, 1.82) is 0 Å². The Morgan fingerprint density at radius 1 is 0.274 bits per heavy atom. The van der Waals surface area contributed by atoms with Crippen LogP contribution in [0, 0.1) is 17.8 Å². The summed E-state index contributed by atoms with van der Waals surface area (Å²) in [4.78, 5) is 38.0. The van der Waals surface area contributed by atoms with Gasteiger partial charge in [-0.05, 0) is 37.0 Å². The van der Waals surface area contributed by atoms with Crippen molar-refractivity contribution in [3.63, 3.8) is 0 Å². The molecule has 0 saturated carbocycles. The molecule has 0 aromatic rings. The van der Waals surface area contributed by atoms with E-state index in [-0.39, 0.29) is 31.1 Å². The first-order chi connectivity index (χ1) is 30.1. The van der Waals surface area contributed by atoms with Crippen molar-refractivity contribution in [3.05, 3.63) is 0 Å². The highest BCUT2D eigenvalue weighted by Crippen LogP contribution is 2.18. The van der Waals surface area contributed by atoms with Gasteiger partial charge in [-0.3, -0.25) is 14.4 Å². The van der Waals surface area contributed by atoms with Crippen LogP contribution in [0.4, 0.5) is 0 Å². The molecule has 0 aromatic carbocycles. The highest BCUT2D eigenvalue weighted by molar-refractivity contribution is 5.71. The number of rotatable bonds is 49. The van der Waals surface area contributed by atoms with Gasteiger partial charge in [-0.2, -0.15) is 0 Å². The molecule has 0 aliphatic rings. The van der Waals surface area contributed by atoms with Gasteiger partial charge in [-0.15, -0.1) is 0 Å². The second-order valence-corrected chi connectivity index (χ2v) is 20.6. The molecule has 0 heterocycles. The quantitative estimate of drug-likeness (QED) is 0.0344. The molecule has 62 heavy (non-hydrogen) atoms. The third kappa shape index (κ3) is 49.4. The van der Waals surface area contributed by atoms with Gasteiger partial charge < -0.3 is 14.2 Å². The molecule has 0 bridgehead atoms. The maximum atomic E-state index is 12.8. The van der Waals surface area contributed by atoms with Crippen LogP contribution < -0.4 is 0 Å². The number of carbonyl (C=O) groups excluding carboxylic acids is 3. The van der Waals surface area contributed by atoms with E-state index in [1.807, 2.05) is 0 Å². The van der Waals surface area contributed by atoms with Crippen LogP contribution >= 0.6 is 0 Å². The third-order valence-electron chi connectivity index (χ3n) is 12.6. The van der Waals surface area contributed by atoms with Crippen molar-refractivity contribution in [2.75, 3.05) is 13.2 Å². The molecule has 0 radical (unpaired) electrons. The SMILES string of the molecule is CC(C)CCCCCCCCCCCCCCCCCC(=O)OC[C@@H](COC(=O)CCCCCCCCCCCCCCC(C)C)OC(=O)CCCCCCCCCCC(C)C. The molecule has 368 valence electrons. The molecule has 0 amide bonds. The maximum absolute atomic E-state index is 12.8. The smallest absolute Gasteiger partial charge is 0.306 e. The number of hydrogen-bond acceptors (Lipinski definition) is 6. The molecule has 0 saturated heterocycles. The van der Waals surface area contributed by atoms with Gasteiger partial charge in [-0.1, -0.05) is 266 Å². The Morgan fingerprint density at radius 3 is 0.694 bits per heavy atom. The van der Waals surface area contributed by atoms with E-state index in [4.69, 9.17) is 14.2 Å². The topological polar surface area (TPSA) is 78.9 Å². The lowest BCUT2D eigenvalue weighted by Gasteiger charge is -2.18. The van der Waals surface area contributed by atoms with Crippen LogP contribution in [0.5, 0.6) is 0 Å². The molecular formula is C56H108O6. The van der Waals surface area contributed by atoms with Crippen molar-refractivity contribution >= 4 is 17.9 Å². The number of esters is 3. The summed E-state index contributed by atoms with van der Waals surface area (Å²) in [6.45, 7) is 13.7. The van der Waals surface area contributed by atoms with Gasteiger partial charge in [0.15, 0.2) is 6.10 Å². The lowest BCUT2D eigenvalue weighted by Crippen LogP contribution is -2.30. The van der Waals surface area contributed by atoms with E-state index >= 15 is 0 Å². The molecule has 0 aliphatic carbocycles. The van der Waals surface area contributed by atoms with Gasteiger partial charge in [0.1, 0.15) is 13.2 Å². The normalized spacial score (nSPS) is 12.1. The highest BCUT2D eigenvalue weighted by atomic mass is 16.6. The lowest BCUT2D eigenvalue weighted by atomic mass is 10.0. The zero-order valence-electron chi connectivity index (χ0n) is 42.7. The zero-order chi connectivity index (χ0) is 45.6. The van der Waals surface area contributed by atoms with Gasteiger partial charge in [0.2, 0.25) is 0 Å². The average Bonchev–Trinajstić information content (AvgIpc) is 3.23. The minimum Gasteiger partial charge on any atom is -0.462 e. The Kier molecular flexibility index (Phi) is 46.2. The molecule has 0 aromatic heterocycles. The molecule has 0 N–H and O–H groups in total. The van der Waals surface area contributed by atoms with Gasteiger partial charge >= 0.3 is 17.9 Å². The molecule has 0 fully saturated rings. The largest absolute Gasteiger partial charge is 0.462 e. The fourth-order valence-electron chi connectivity index (χ4n) is 8.47. The number of ether oxygens (including phenoxy) is 3. The first kappa shape index (κ1) is 60.4. The van der Waals surface area contributed by atoms with E-state index in [1.165, 1.54) is 186 Å². The predicted octanol–water partition coefficient (Wildman–Crippen LogP) is 17.9. The molecule has 6 heteroatoms. The standard InChI is InChI=1S/C56H108O6/c1-50(2)42-36-30-24-18-14-10-8-7-9-11-16-20-27-33-39-45-54(57)60-48-53(62-56(59)47-41-35-29-23-22-26-32-38-44-52(5)6)49-61-55(58)46-40-34-28-21-17-13-12-15-19-25-31-37-43-51(3)4/h50-53H,7-49H2,1-6H3/t53-/m0/s1. The number of hydrogen-bond donors (Lipinski definition) is 0. The van der Waals surface area contributed by atoms with Crippen LogP contribution in [0.15, 0.2) is 0 Å². The Balaban J connectivity index is 4.26. The molecule has 1 atom stereocenters. The summed E-state index contributed by atoms with van der Waals surface area (Å²) in [7, 11) is 0. The molecule has 0 rings (SSSR count). The monoisotopic (exact) mass is 877 g/mol. The Bertz CT molecular complexity index is 960. The third-order valence-corrected chi connectivity index (χ3v) is 12.6. The van der Waals surface area contributed by atoms with Gasteiger partial charge in [0.25, 0.3) is 0 Å². The first-order valence-electron chi connectivity index (χ1n) is 27.6. The molecule has 0 aliphatic heterocycles. The predicted molar refractivity (Wildman–Crippen MR) is 266 cm³/mol. The molecule has 0 spiro atoms. The minimum absolute atomic E-state index is 0.0644. The van der Waals surface area contributed by atoms with Crippen molar-refractivity contribution < 1.29 is 28.6 Å². The fraction of sp³-hybridized carbons (Fsp3) is 0.946. The highest BCUT2D eigenvalue weighted by Gasteiger charge is 2.19. The summed E-state index contributed by atoms with van der Waals surface area (Å²) in [5, 5.41) is 0. The van der Waals surface area contributed by atoms with Crippen LogP contribution in [0.1, 0.15) is 305 Å². The Morgan fingerprint density at radius 2 is 0.468 bits per heavy atom. The van der Waals surface area contributed by atoms with E-state index in [1.54, 1.807) is 0 Å². The van der Waals surface area contributed by atoms with Gasteiger partial charge in [-0.25, -0.2) is 0 Å². The van der Waals surface area contributed by atoms with Crippen LogP contribution in [0.2, 0.25) is 0 Å². The van der Waals surface area contributed by atoms with Crippen LogP contribution in [-0.2, 0) is 28.6 Å². The van der Waals surface area contributed by atoms with Crippen molar-refractivity contribution in [2.45, 2.75) is 311 Å². The van der Waals surface area contributed by atoms with Crippen molar-refractivity contribution in [1.82, 2.24) is 0 Å². The van der Waals surface area contributed by atoms with E-state index in [0.717, 1.165) is 75.5 Å². The number of carbonyl (C=O) groups is 3. The van der Waals surface area contributed by atoms with Crippen LogP contribution in [0.3, 0.4) is 0 Å². The van der Waals surface area contributed by atoms with E-state index in [9.17, 15) is 14.4 Å². The second-order valence-electron chi connectivity index (χ2n) is 20.6. The molecule has 0 unspecified atom stereocenters. The molecular weight excluding hydrogens is 769 g/mol. The zero-order valence-corrected chi connectivity index (χ0v) is 42.7. The van der Waals surface area contributed by atoms with E-state index < -0.39 is 6.10 Å². The van der Waals surface area contributed by atoms with E-state index in [0.29, 0.717) is 19.3 Å². The maximum Gasteiger partial charge on any atom is 0.306 e. The summed E-state index contributed by atoms with van der Waals surface area (Å²) < 4.78 is 16.8. The van der Waals surface area contributed by atoms with Crippen molar-refractivity contribution in [3.8, 4) is 0 Å². The van der Waals surface area contributed by atoms with Gasteiger partial charge in [0.05, 0.1) is 0 Å². The van der Waals surface area contributed by atoms with Crippen molar-refractivity contribution in [2.24, 2.45) is 17.8 Å². The summed E-state index contributed by atoms with van der Waals surface area (Å²) >= 11 is 0. The van der Waals surface area contributed by atoms with Gasteiger partial charge in [0, 0.05) is 19.3 Å². The minimum atomic E-state index is -0.763. The van der Waals surface area contributed by atoms with Crippen LogP contribution in [-0.4, -0.2) is 37.2 Å².